The molecule has 1 saturated carbocycles. The van der Waals surface area contributed by atoms with Crippen molar-refractivity contribution in [3.63, 3.8) is 0 Å². The Morgan fingerprint density at radius 2 is 1.50 bits per heavy atom. The molecule has 1 aliphatic carbocycles. The van der Waals surface area contributed by atoms with Crippen molar-refractivity contribution in [2.24, 2.45) is 17.6 Å². The van der Waals surface area contributed by atoms with Crippen LogP contribution in [0, 0.1) is 11.8 Å². The summed E-state index contributed by atoms with van der Waals surface area (Å²) < 4.78 is 32.6. The van der Waals surface area contributed by atoms with Gasteiger partial charge in [0.05, 0.1) is 25.4 Å². The Morgan fingerprint density at radius 3 is 2.19 bits per heavy atom. The van der Waals surface area contributed by atoms with Crippen LogP contribution in [0.1, 0.15) is 149 Å². The molecule has 1 aliphatic rings. The number of phosphoric acid groups is 1. The number of phosphoric ester groups is 1. The second-order valence-electron chi connectivity index (χ2n) is 13.9. The molecule has 52 heavy (non-hydrogen) atoms. The number of carbonyl (C=O) groups is 3. The maximum atomic E-state index is 12.5. The highest BCUT2D eigenvalue weighted by Gasteiger charge is 2.39. The summed E-state index contributed by atoms with van der Waals surface area (Å²) in [5.74, 6) is -1.52. The molecule has 1 unspecified atom stereocenters. The van der Waals surface area contributed by atoms with E-state index in [0.717, 1.165) is 77.0 Å². The fraction of sp³-hybridized carbons (Fsp3) is 0.821. The first-order valence-electron chi connectivity index (χ1n) is 19.9. The zero-order valence-electron chi connectivity index (χ0n) is 32.0. The normalized spacial score (nSPS) is 20.0. The molecule has 0 aromatic carbocycles. The summed E-state index contributed by atoms with van der Waals surface area (Å²) in [6, 6.07) is 0. The maximum Gasteiger partial charge on any atom is 0.472 e. The van der Waals surface area contributed by atoms with E-state index >= 15 is 0 Å². The number of esters is 2. The molecule has 0 radical (unpaired) electrons. The molecule has 5 N–H and O–H groups in total. The Labute approximate surface area is 312 Å². The van der Waals surface area contributed by atoms with Crippen LogP contribution in [0.5, 0.6) is 0 Å². The van der Waals surface area contributed by atoms with E-state index < -0.39 is 44.7 Å². The lowest BCUT2D eigenvalue weighted by Crippen LogP contribution is -2.29. The molecule has 13 heteroatoms. The summed E-state index contributed by atoms with van der Waals surface area (Å²) in [7, 11) is -4.43. The van der Waals surface area contributed by atoms with E-state index in [-0.39, 0.29) is 56.6 Å². The Balaban J connectivity index is 2.42. The number of nitrogens with two attached hydrogens (primary N) is 1. The van der Waals surface area contributed by atoms with Crippen molar-refractivity contribution in [1.29, 1.82) is 0 Å². The molecule has 0 aromatic heterocycles. The van der Waals surface area contributed by atoms with E-state index in [9.17, 15) is 34.1 Å². The second kappa shape index (κ2) is 30.4. The summed E-state index contributed by atoms with van der Waals surface area (Å²) in [5, 5.41) is 20.7. The van der Waals surface area contributed by atoms with Crippen molar-refractivity contribution >= 4 is 25.5 Å². The number of aliphatic hydroxyl groups is 2. The standard InChI is InChI=1S/C39H70NO11P/c1-3-5-7-8-9-10-11-12-13-14-20-24-39(45)51-33(31-50-52(46,47)49-28-27-40)30-48-38(44)23-19-16-15-18-22-34-35(37(43)29-36(34)42)26-25-32(41)21-17-6-4-2/h8-9,25-26,32-35,37,41,43H,3-7,10-24,27-31,40H2,1-2H3,(H,46,47)/b9-8-,26-25+/t32-,33+,34+,35+,37+/m0/s1. The first-order valence-corrected chi connectivity index (χ1v) is 21.4. The van der Waals surface area contributed by atoms with Crippen LogP contribution in [0.25, 0.3) is 0 Å². The molecule has 302 valence electrons. The number of carbonyl (C=O) groups excluding carboxylic acids is 3. The monoisotopic (exact) mass is 759 g/mol. The predicted molar refractivity (Wildman–Crippen MR) is 202 cm³/mol. The lowest BCUT2D eigenvalue weighted by Gasteiger charge is -2.20. The van der Waals surface area contributed by atoms with Crippen molar-refractivity contribution in [3.8, 4) is 0 Å². The number of aliphatic hydroxyl groups excluding tert-OH is 2. The quantitative estimate of drug-likeness (QED) is 0.0224. The van der Waals surface area contributed by atoms with E-state index in [0.29, 0.717) is 25.7 Å². The topological polar surface area (TPSA) is 192 Å². The van der Waals surface area contributed by atoms with Crippen molar-refractivity contribution in [3.05, 3.63) is 24.3 Å². The molecular formula is C39H70NO11P. The Kier molecular flexibility index (Phi) is 28.1. The van der Waals surface area contributed by atoms with Gasteiger partial charge in [-0.3, -0.25) is 23.4 Å². The second-order valence-corrected chi connectivity index (χ2v) is 15.4. The summed E-state index contributed by atoms with van der Waals surface area (Å²) in [4.78, 5) is 47.4. The Morgan fingerprint density at radius 1 is 0.865 bits per heavy atom. The largest absolute Gasteiger partial charge is 0.472 e. The van der Waals surface area contributed by atoms with E-state index in [1.165, 1.54) is 12.8 Å². The van der Waals surface area contributed by atoms with Crippen LogP contribution in [0.3, 0.4) is 0 Å². The van der Waals surface area contributed by atoms with Crippen LogP contribution >= 0.6 is 7.82 Å². The molecular weight excluding hydrogens is 689 g/mol. The van der Waals surface area contributed by atoms with Crippen LogP contribution in [-0.2, 0) is 37.5 Å². The molecule has 0 aliphatic heterocycles. The summed E-state index contributed by atoms with van der Waals surface area (Å²) in [6.07, 6.45) is 22.6. The zero-order chi connectivity index (χ0) is 38.5. The molecule has 0 saturated heterocycles. The van der Waals surface area contributed by atoms with Gasteiger partial charge in [0.15, 0.2) is 6.10 Å². The van der Waals surface area contributed by atoms with Crippen molar-refractivity contribution in [2.45, 2.75) is 167 Å². The van der Waals surface area contributed by atoms with E-state index in [2.05, 4.69) is 26.0 Å². The van der Waals surface area contributed by atoms with Crippen LogP contribution in [0.2, 0.25) is 0 Å². The highest BCUT2D eigenvalue weighted by Crippen LogP contribution is 2.43. The predicted octanol–water partition coefficient (Wildman–Crippen LogP) is 7.41. The number of hydrogen-bond acceptors (Lipinski definition) is 11. The molecule has 0 amide bonds. The van der Waals surface area contributed by atoms with E-state index in [4.69, 9.17) is 24.3 Å². The first-order chi connectivity index (χ1) is 25.0. The molecule has 1 fully saturated rings. The summed E-state index contributed by atoms with van der Waals surface area (Å²) in [5.41, 5.74) is 5.32. The average molecular weight is 760 g/mol. The minimum Gasteiger partial charge on any atom is -0.462 e. The van der Waals surface area contributed by atoms with Gasteiger partial charge in [0.25, 0.3) is 0 Å². The number of unbranched alkanes of at least 4 members (excludes halogenated alkanes) is 12. The zero-order valence-corrected chi connectivity index (χ0v) is 32.9. The lowest BCUT2D eigenvalue weighted by molar-refractivity contribution is -0.161. The fourth-order valence-electron chi connectivity index (χ4n) is 6.16. The number of hydrogen-bond donors (Lipinski definition) is 4. The van der Waals surface area contributed by atoms with Crippen molar-refractivity contribution in [2.75, 3.05) is 26.4 Å². The van der Waals surface area contributed by atoms with Gasteiger partial charge in [-0.25, -0.2) is 4.57 Å². The summed E-state index contributed by atoms with van der Waals surface area (Å²) in [6.45, 7) is 3.29. The van der Waals surface area contributed by atoms with Gasteiger partial charge in [-0.15, -0.1) is 0 Å². The van der Waals surface area contributed by atoms with Gasteiger partial charge in [-0.1, -0.05) is 109 Å². The van der Waals surface area contributed by atoms with Crippen LogP contribution in [0.4, 0.5) is 0 Å². The van der Waals surface area contributed by atoms with Crippen LogP contribution in [-0.4, -0.2) is 77.5 Å². The van der Waals surface area contributed by atoms with E-state index in [1.54, 1.807) is 6.08 Å². The number of ether oxygens (including phenoxy) is 2. The Bertz CT molecular complexity index is 1070. The number of ketones is 1. The maximum absolute atomic E-state index is 12.5. The molecule has 12 nitrogen and oxygen atoms in total. The van der Waals surface area contributed by atoms with Gasteiger partial charge in [-0.2, -0.15) is 0 Å². The summed E-state index contributed by atoms with van der Waals surface area (Å²) >= 11 is 0. The minimum atomic E-state index is -4.43. The molecule has 6 atom stereocenters. The van der Waals surface area contributed by atoms with Gasteiger partial charge in [-0.05, 0) is 44.9 Å². The Hall–Kier alpha value is -1.92. The SMILES string of the molecule is CCCC/C=C\CCCCCCCC(=O)O[C@H](COC(=O)CCCCCC[C@H]1C(=O)C[C@@H](O)[C@@H]1/C=C/[C@@H](O)CCCCC)COP(=O)(O)OCCN. The number of Topliss-reactive ketones (excluding diaryl/α,β-unsaturated/α-hetero) is 1. The number of allylic oxidation sites excluding steroid dienone is 2. The molecule has 0 aromatic rings. The van der Waals surface area contributed by atoms with Gasteiger partial charge in [0.1, 0.15) is 12.4 Å². The van der Waals surface area contributed by atoms with Crippen LogP contribution in [0.15, 0.2) is 24.3 Å². The van der Waals surface area contributed by atoms with Crippen molar-refractivity contribution < 1.29 is 52.6 Å². The minimum absolute atomic E-state index is 0.0174. The third kappa shape index (κ3) is 24.4. The molecule has 0 spiro atoms. The third-order valence-electron chi connectivity index (χ3n) is 9.20. The average Bonchev–Trinajstić information content (AvgIpc) is 3.38. The molecule has 0 bridgehead atoms. The molecule has 1 rings (SSSR count). The van der Waals surface area contributed by atoms with Crippen molar-refractivity contribution in [1.82, 2.24) is 0 Å². The van der Waals surface area contributed by atoms with Gasteiger partial charge >= 0.3 is 19.8 Å². The molecule has 0 heterocycles. The van der Waals surface area contributed by atoms with E-state index in [1.807, 2.05) is 6.08 Å². The van der Waals surface area contributed by atoms with Gasteiger partial charge < -0.3 is 30.3 Å². The van der Waals surface area contributed by atoms with Gasteiger partial charge in [0.2, 0.25) is 0 Å². The smallest absolute Gasteiger partial charge is 0.462 e. The van der Waals surface area contributed by atoms with Crippen LogP contribution < -0.4 is 5.73 Å². The highest BCUT2D eigenvalue weighted by atomic mass is 31.2. The fourth-order valence-corrected chi connectivity index (χ4v) is 6.92. The first kappa shape index (κ1) is 48.1. The highest BCUT2D eigenvalue weighted by molar-refractivity contribution is 7.47. The lowest BCUT2D eigenvalue weighted by atomic mass is 9.88. The van der Waals surface area contributed by atoms with Gasteiger partial charge in [0, 0.05) is 37.6 Å². The number of rotatable bonds is 33. The third-order valence-corrected chi connectivity index (χ3v) is 10.2.